The monoisotopic (exact) mass is 353 g/mol. The van der Waals surface area contributed by atoms with Crippen LogP contribution in [-0.4, -0.2) is 46.7 Å². The van der Waals surface area contributed by atoms with Crippen LogP contribution in [0.2, 0.25) is 0 Å². The minimum absolute atomic E-state index is 0.00770. The van der Waals surface area contributed by atoms with Crippen molar-refractivity contribution in [1.82, 2.24) is 9.78 Å². The molecule has 3 aromatic rings. The molecular formula is C19H19N3O4. The number of aromatic hydroxyl groups is 2. The molecule has 0 fully saturated rings. The van der Waals surface area contributed by atoms with Crippen LogP contribution in [0.1, 0.15) is 0 Å². The van der Waals surface area contributed by atoms with Gasteiger partial charge in [-0.3, -0.25) is 4.79 Å². The second kappa shape index (κ2) is 7.71. The third-order valence-electron chi connectivity index (χ3n) is 3.99. The van der Waals surface area contributed by atoms with Gasteiger partial charge in [-0.25, -0.2) is 4.68 Å². The molecule has 7 heteroatoms. The van der Waals surface area contributed by atoms with Gasteiger partial charge in [0.2, 0.25) is 6.41 Å². The number of nitrogens with zero attached hydrogens (tertiary/aromatic N) is 3. The molecule has 2 N–H and O–H groups in total. The lowest BCUT2D eigenvalue weighted by atomic mass is 10.1. The van der Waals surface area contributed by atoms with Gasteiger partial charge in [0.05, 0.1) is 24.2 Å². The molecule has 3 rings (SSSR count). The third kappa shape index (κ3) is 3.52. The van der Waals surface area contributed by atoms with E-state index in [0.717, 1.165) is 17.8 Å². The molecule has 0 unspecified atom stereocenters. The summed E-state index contributed by atoms with van der Waals surface area (Å²) in [5.41, 5.74) is 2.77. The minimum atomic E-state index is -0.0323. The molecule has 0 atom stereocenters. The van der Waals surface area contributed by atoms with Crippen molar-refractivity contribution in [2.75, 3.05) is 25.2 Å². The van der Waals surface area contributed by atoms with Crippen molar-refractivity contribution in [3.8, 4) is 28.4 Å². The highest BCUT2D eigenvalue weighted by Gasteiger charge is 2.13. The summed E-state index contributed by atoms with van der Waals surface area (Å²) in [7, 11) is 1.59. The topological polar surface area (TPSA) is 87.8 Å². The van der Waals surface area contributed by atoms with E-state index >= 15 is 0 Å². The van der Waals surface area contributed by atoms with Crippen LogP contribution in [0.3, 0.4) is 0 Å². The maximum absolute atomic E-state index is 11.2. The molecule has 1 heterocycles. The van der Waals surface area contributed by atoms with Gasteiger partial charge in [-0.2, -0.15) is 5.10 Å². The van der Waals surface area contributed by atoms with Crippen LogP contribution in [0.4, 0.5) is 5.69 Å². The number of hydrogen-bond donors (Lipinski definition) is 2. The van der Waals surface area contributed by atoms with Gasteiger partial charge in [-0.05, 0) is 42.5 Å². The van der Waals surface area contributed by atoms with E-state index < -0.39 is 0 Å². The van der Waals surface area contributed by atoms with Crippen molar-refractivity contribution in [2.45, 2.75) is 0 Å². The summed E-state index contributed by atoms with van der Waals surface area (Å²) in [6.07, 6.45) is 2.40. The molecular weight excluding hydrogens is 334 g/mol. The molecule has 26 heavy (non-hydrogen) atoms. The first-order valence-electron chi connectivity index (χ1n) is 8.01. The minimum Gasteiger partial charge on any atom is -0.508 e. The lowest BCUT2D eigenvalue weighted by Gasteiger charge is -2.17. The van der Waals surface area contributed by atoms with Gasteiger partial charge in [-0.1, -0.05) is 0 Å². The first-order valence-corrected chi connectivity index (χ1v) is 8.01. The van der Waals surface area contributed by atoms with Crippen molar-refractivity contribution in [3.05, 3.63) is 54.7 Å². The molecule has 2 aromatic carbocycles. The van der Waals surface area contributed by atoms with Crippen molar-refractivity contribution in [3.63, 3.8) is 0 Å². The Morgan fingerprint density at radius 2 is 1.92 bits per heavy atom. The highest BCUT2D eigenvalue weighted by atomic mass is 16.5. The quantitative estimate of drug-likeness (QED) is 0.638. The summed E-state index contributed by atoms with van der Waals surface area (Å²) in [6.45, 7) is 0.914. The fourth-order valence-corrected chi connectivity index (χ4v) is 2.67. The summed E-state index contributed by atoms with van der Waals surface area (Å²) in [4.78, 5) is 12.8. The number of phenols is 2. The summed E-state index contributed by atoms with van der Waals surface area (Å²) in [5.74, 6) is -0.0400. The molecule has 0 aliphatic heterocycles. The number of carbonyl (C=O) groups excluding carboxylic acids is 1. The van der Waals surface area contributed by atoms with E-state index in [1.807, 2.05) is 24.3 Å². The SMILES string of the molecule is COCCN(C=O)c1ccc(-n2nccc2-c2ccc(O)cc2O)cc1. The molecule has 134 valence electrons. The van der Waals surface area contributed by atoms with Crippen molar-refractivity contribution >= 4 is 12.1 Å². The number of aromatic nitrogens is 2. The van der Waals surface area contributed by atoms with Crippen LogP contribution in [0.15, 0.2) is 54.7 Å². The highest BCUT2D eigenvalue weighted by Crippen LogP contribution is 2.33. The van der Waals surface area contributed by atoms with Crippen LogP contribution in [0.25, 0.3) is 16.9 Å². The molecule has 0 aliphatic rings. The van der Waals surface area contributed by atoms with Gasteiger partial charge in [0, 0.05) is 31.0 Å². The van der Waals surface area contributed by atoms with Crippen LogP contribution >= 0.6 is 0 Å². The maximum atomic E-state index is 11.2. The predicted molar refractivity (Wildman–Crippen MR) is 97.6 cm³/mol. The molecule has 1 aromatic heterocycles. The zero-order valence-electron chi connectivity index (χ0n) is 14.2. The van der Waals surface area contributed by atoms with Crippen LogP contribution in [0, 0.1) is 0 Å². The lowest BCUT2D eigenvalue weighted by molar-refractivity contribution is -0.107. The Morgan fingerprint density at radius 1 is 1.15 bits per heavy atom. The van der Waals surface area contributed by atoms with E-state index in [1.165, 1.54) is 12.1 Å². The molecule has 0 bridgehead atoms. The fourth-order valence-electron chi connectivity index (χ4n) is 2.67. The summed E-state index contributed by atoms with van der Waals surface area (Å²) < 4.78 is 6.68. The average molecular weight is 353 g/mol. The number of benzene rings is 2. The van der Waals surface area contributed by atoms with Gasteiger partial charge in [0.25, 0.3) is 0 Å². The van der Waals surface area contributed by atoms with Crippen molar-refractivity contribution < 1.29 is 19.7 Å². The number of methoxy groups -OCH3 is 1. The number of phenolic OH excluding ortho intramolecular Hbond substituents is 2. The normalized spacial score (nSPS) is 10.7. The molecule has 1 amide bonds. The number of hydrogen-bond acceptors (Lipinski definition) is 5. The van der Waals surface area contributed by atoms with Crippen LogP contribution in [-0.2, 0) is 9.53 Å². The van der Waals surface area contributed by atoms with Gasteiger partial charge >= 0.3 is 0 Å². The van der Waals surface area contributed by atoms with Crippen molar-refractivity contribution in [2.24, 2.45) is 0 Å². The van der Waals surface area contributed by atoms with E-state index in [0.29, 0.717) is 24.4 Å². The Balaban J connectivity index is 1.91. The lowest BCUT2D eigenvalue weighted by Crippen LogP contribution is -2.25. The Bertz CT molecular complexity index is 890. The van der Waals surface area contributed by atoms with E-state index in [2.05, 4.69) is 5.10 Å². The van der Waals surface area contributed by atoms with Crippen molar-refractivity contribution in [1.29, 1.82) is 0 Å². The first-order chi connectivity index (χ1) is 12.6. The van der Waals surface area contributed by atoms with E-state index in [9.17, 15) is 15.0 Å². The summed E-state index contributed by atoms with van der Waals surface area (Å²) >= 11 is 0. The molecule has 0 spiro atoms. The van der Waals surface area contributed by atoms with Gasteiger partial charge in [0.15, 0.2) is 0 Å². The Morgan fingerprint density at radius 3 is 2.58 bits per heavy atom. The zero-order valence-corrected chi connectivity index (χ0v) is 14.2. The van der Waals surface area contributed by atoms with Gasteiger partial charge in [-0.15, -0.1) is 0 Å². The fraction of sp³-hybridized carbons (Fsp3) is 0.158. The molecule has 0 saturated heterocycles. The van der Waals surface area contributed by atoms with E-state index in [-0.39, 0.29) is 11.5 Å². The number of carbonyl (C=O) groups is 1. The second-order valence-electron chi connectivity index (χ2n) is 5.64. The molecule has 0 saturated carbocycles. The molecule has 7 nitrogen and oxygen atoms in total. The number of rotatable bonds is 7. The molecule has 0 radical (unpaired) electrons. The predicted octanol–water partition coefficient (Wildman–Crippen LogP) is 2.56. The number of anilines is 1. The van der Waals surface area contributed by atoms with E-state index in [1.54, 1.807) is 35.0 Å². The highest BCUT2D eigenvalue weighted by molar-refractivity contribution is 5.75. The summed E-state index contributed by atoms with van der Waals surface area (Å²) in [5, 5.41) is 23.9. The number of ether oxygens (including phenoxy) is 1. The second-order valence-corrected chi connectivity index (χ2v) is 5.64. The Kier molecular flexibility index (Phi) is 5.19. The molecule has 0 aliphatic carbocycles. The first kappa shape index (κ1) is 17.5. The van der Waals surface area contributed by atoms with Crippen LogP contribution in [0.5, 0.6) is 11.5 Å². The zero-order chi connectivity index (χ0) is 18.5. The van der Waals surface area contributed by atoms with Gasteiger partial charge < -0.3 is 19.8 Å². The maximum Gasteiger partial charge on any atom is 0.214 e. The smallest absolute Gasteiger partial charge is 0.214 e. The number of amides is 1. The van der Waals surface area contributed by atoms with Crippen LogP contribution < -0.4 is 4.90 Å². The Labute approximate surface area is 150 Å². The largest absolute Gasteiger partial charge is 0.508 e. The van der Waals surface area contributed by atoms with E-state index in [4.69, 9.17) is 4.74 Å². The van der Waals surface area contributed by atoms with Gasteiger partial charge in [0.1, 0.15) is 11.5 Å². The summed E-state index contributed by atoms with van der Waals surface area (Å²) in [6, 6.07) is 13.5. The standard InChI is InChI=1S/C19H19N3O4/c1-26-11-10-21(13-23)14-2-4-15(5-3-14)22-18(8-9-20-22)17-7-6-16(24)12-19(17)25/h2-9,12-13,24-25H,10-11H2,1H3. The average Bonchev–Trinajstić information content (AvgIpc) is 3.12. The third-order valence-corrected chi connectivity index (χ3v) is 3.99. The Hall–Kier alpha value is -3.32.